The van der Waals surface area contributed by atoms with Crippen molar-refractivity contribution in [1.82, 2.24) is 0 Å². The van der Waals surface area contributed by atoms with Crippen molar-refractivity contribution in [2.75, 3.05) is 21.3 Å². The molecule has 0 aliphatic heterocycles. The summed E-state index contributed by atoms with van der Waals surface area (Å²) in [4.78, 5) is 78.0. The number of Topliss-reactive ketones (excluding diaryl/α,β-unsaturated/α-hetero) is 2. The third kappa shape index (κ3) is 13.1. The first-order valence-corrected chi connectivity index (χ1v) is 20.9. The van der Waals surface area contributed by atoms with Gasteiger partial charge >= 0.3 is 0 Å². The van der Waals surface area contributed by atoms with E-state index in [2.05, 4.69) is 41.7 Å². The number of ketones is 2. The zero-order chi connectivity index (χ0) is 46.1. The first kappa shape index (κ1) is 48.6. The Kier molecular flexibility index (Phi) is 16.8. The lowest BCUT2D eigenvalue weighted by atomic mass is 10.1. The van der Waals surface area contributed by atoms with Gasteiger partial charge in [0.25, 0.3) is 23.6 Å². The van der Waals surface area contributed by atoms with E-state index in [0.29, 0.717) is 15.6 Å². The fourth-order valence-corrected chi connectivity index (χ4v) is 6.57. The highest BCUT2D eigenvalue weighted by molar-refractivity contribution is 6.37. The van der Waals surface area contributed by atoms with Gasteiger partial charge in [-0.05, 0) is 117 Å². The molecule has 21 heteroatoms. The Morgan fingerprint density at radius 1 is 0.492 bits per heavy atom. The predicted octanol–water partition coefficient (Wildman–Crippen LogP) is 12.8. The summed E-state index contributed by atoms with van der Waals surface area (Å²) in [6, 6.07) is 18.3. The molecule has 0 saturated heterocycles. The number of rotatable bonds is 15. The van der Waals surface area contributed by atoms with Gasteiger partial charge in [0.05, 0.1) is 36.8 Å². The molecule has 0 heterocycles. The predicted molar refractivity (Wildman–Crippen MR) is 248 cm³/mol. The highest BCUT2D eigenvalue weighted by atomic mass is 35.5. The van der Waals surface area contributed by atoms with Crippen LogP contribution in [0.2, 0.25) is 30.1 Å². The molecule has 5 aromatic rings. The van der Waals surface area contributed by atoms with Crippen LogP contribution in [-0.4, -0.2) is 47.3 Å². The summed E-state index contributed by atoms with van der Waals surface area (Å²) in [6.45, 7) is 3.87. The van der Waals surface area contributed by atoms with Gasteiger partial charge in [-0.15, -0.1) is 11.6 Å². The van der Waals surface area contributed by atoms with Gasteiger partial charge in [-0.3, -0.25) is 28.8 Å². The summed E-state index contributed by atoms with van der Waals surface area (Å²) in [5.74, 6) is -4.25. The van der Waals surface area contributed by atoms with Crippen LogP contribution in [0.5, 0.6) is 0 Å². The topological polar surface area (TPSA) is 200 Å². The number of nitrogens with zero attached hydrogens (tertiary/aromatic N) is 4. The first-order chi connectivity index (χ1) is 29.8. The quantitative estimate of drug-likeness (QED) is 0.0457. The standard InChI is InChI=1S/C42H31Cl7N8O6/c1-19(43)27-18-26(50-41(62)37(20(2)58)56-54-35-14-22(4-9-30(35)48)39(60)52-33-16-24(44)6-11-28(33)46)8-13-32(27)51-42(63)38(21(3)59)57-55-36-15-23(5-10-31(36)49)40(61)53-34-17-25(45)7-12-29(34)47/h4-19,37-38H,1-3H3,(H,50,62)(H,51,63)(H,52,60)(H,53,61). The van der Waals surface area contributed by atoms with E-state index in [1.54, 1.807) is 19.1 Å². The lowest BCUT2D eigenvalue weighted by molar-refractivity contribution is -0.127. The number of amides is 4. The maximum atomic E-state index is 13.5. The lowest BCUT2D eigenvalue weighted by Crippen LogP contribution is -2.32. The number of azo groups is 2. The van der Waals surface area contributed by atoms with Crippen LogP contribution in [0.15, 0.2) is 111 Å². The summed E-state index contributed by atoms with van der Waals surface area (Å²) in [5.41, 5.74) is 1.36. The van der Waals surface area contributed by atoms with Gasteiger partial charge in [-0.2, -0.15) is 20.5 Å². The summed E-state index contributed by atoms with van der Waals surface area (Å²) < 4.78 is 0. The Morgan fingerprint density at radius 2 is 0.921 bits per heavy atom. The minimum Gasteiger partial charge on any atom is -0.324 e. The normalized spacial score (nSPS) is 12.7. The molecule has 0 aliphatic carbocycles. The molecule has 3 atom stereocenters. The Hall–Kier alpha value is -5.45. The summed E-state index contributed by atoms with van der Waals surface area (Å²) in [6.07, 6.45) is 0. The monoisotopic (exact) mass is 988 g/mol. The molecule has 14 nitrogen and oxygen atoms in total. The summed E-state index contributed by atoms with van der Waals surface area (Å²) >= 11 is 43.5. The minimum absolute atomic E-state index is 0.0120. The fourth-order valence-electron chi connectivity index (χ4n) is 5.41. The summed E-state index contributed by atoms with van der Waals surface area (Å²) in [5, 5.41) is 27.0. The number of anilines is 4. The zero-order valence-corrected chi connectivity index (χ0v) is 38.1. The van der Waals surface area contributed by atoms with Gasteiger partial charge in [0.2, 0.25) is 12.1 Å². The van der Waals surface area contributed by atoms with E-state index in [4.69, 9.17) is 81.2 Å². The molecule has 5 aromatic carbocycles. The number of hydrogen-bond acceptors (Lipinski definition) is 10. The van der Waals surface area contributed by atoms with E-state index >= 15 is 0 Å². The van der Waals surface area contributed by atoms with E-state index in [-0.39, 0.29) is 65.3 Å². The zero-order valence-electron chi connectivity index (χ0n) is 32.8. The maximum Gasteiger partial charge on any atom is 0.258 e. The first-order valence-electron chi connectivity index (χ1n) is 18.2. The molecule has 0 spiro atoms. The van der Waals surface area contributed by atoms with Crippen molar-refractivity contribution >= 4 is 151 Å². The Morgan fingerprint density at radius 3 is 1.35 bits per heavy atom. The molecule has 0 saturated carbocycles. The van der Waals surface area contributed by atoms with Crippen LogP contribution in [0.25, 0.3) is 0 Å². The van der Waals surface area contributed by atoms with Crippen LogP contribution in [0, 0.1) is 0 Å². The molecule has 4 N–H and O–H groups in total. The van der Waals surface area contributed by atoms with Gasteiger partial charge in [0.15, 0.2) is 11.6 Å². The van der Waals surface area contributed by atoms with Crippen molar-refractivity contribution < 1.29 is 28.8 Å². The Labute approximate surface area is 394 Å². The Bertz CT molecular complexity index is 2710. The molecule has 0 aromatic heterocycles. The third-order valence-corrected chi connectivity index (χ3v) is 10.6. The fraction of sp³-hybridized carbons (Fsp3) is 0.143. The van der Waals surface area contributed by atoms with Crippen LogP contribution < -0.4 is 21.3 Å². The Balaban J connectivity index is 1.29. The number of halogens is 7. The molecular weight excluding hydrogens is 961 g/mol. The summed E-state index contributed by atoms with van der Waals surface area (Å²) in [7, 11) is 0. The SMILES string of the molecule is CC(=O)C(N=Nc1cc(C(=O)Nc2cc(Cl)ccc2Cl)ccc1Cl)C(=O)Nc1ccc(NC(=O)C(N=Nc2cc(C(=O)Nc3cc(Cl)ccc3Cl)ccc2Cl)C(C)=O)c(C(C)Cl)c1. The van der Waals surface area contributed by atoms with Crippen molar-refractivity contribution in [1.29, 1.82) is 0 Å². The number of benzene rings is 5. The molecule has 0 radical (unpaired) electrons. The van der Waals surface area contributed by atoms with E-state index in [1.807, 2.05) is 0 Å². The average Bonchev–Trinajstić information content (AvgIpc) is 3.22. The largest absolute Gasteiger partial charge is 0.324 e. The van der Waals surface area contributed by atoms with Crippen molar-refractivity contribution in [3.63, 3.8) is 0 Å². The molecule has 5 rings (SSSR count). The number of carbonyl (C=O) groups excluding carboxylic acids is 6. The van der Waals surface area contributed by atoms with Crippen LogP contribution in [0.4, 0.5) is 34.1 Å². The van der Waals surface area contributed by atoms with Crippen LogP contribution in [0.3, 0.4) is 0 Å². The van der Waals surface area contributed by atoms with Gasteiger partial charge in [-0.25, -0.2) is 0 Å². The van der Waals surface area contributed by atoms with E-state index in [9.17, 15) is 28.8 Å². The lowest BCUT2D eigenvalue weighted by Gasteiger charge is -2.17. The molecule has 4 amide bonds. The van der Waals surface area contributed by atoms with Crippen LogP contribution in [0.1, 0.15) is 52.4 Å². The number of nitrogens with one attached hydrogen (secondary N) is 4. The molecule has 324 valence electrons. The molecule has 63 heavy (non-hydrogen) atoms. The molecule has 0 fully saturated rings. The minimum atomic E-state index is -1.66. The van der Waals surface area contributed by atoms with Gasteiger partial charge in [0.1, 0.15) is 11.4 Å². The second kappa shape index (κ2) is 21.8. The number of alkyl halides is 1. The van der Waals surface area contributed by atoms with Gasteiger partial charge in [-0.1, -0.05) is 69.6 Å². The maximum absolute atomic E-state index is 13.5. The van der Waals surface area contributed by atoms with Gasteiger partial charge in [0, 0.05) is 32.5 Å². The smallest absolute Gasteiger partial charge is 0.258 e. The van der Waals surface area contributed by atoms with E-state index < -0.39 is 52.7 Å². The average molecular weight is 992 g/mol. The molecule has 0 bridgehead atoms. The second-order valence-electron chi connectivity index (χ2n) is 13.3. The highest BCUT2D eigenvalue weighted by Gasteiger charge is 2.27. The number of carbonyl (C=O) groups is 6. The van der Waals surface area contributed by atoms with E-state index in [1.165, 1.54) is 78.9 Å². The van der Waals surface area contributed by atoms with Crippen LogP contribution >= 0.6 is 81.2 Å². The number of hydrogen-bond donors (Lipinski definition) is 4. The second-order valence-corrected chi connectivity index (χ2v) is 16.5. The van der Waals surface area contributed by atoms with Gasteiger partial charge < -0.3 is 21.3 Å². The van der Waals surface area contributed by atoms with Crippen molar-refractivity contribution in [2.24, 2.45) is 20.5 Å². The van der Waals surface area contributed by atoms with Crippen LogP contribution in [-0.2, 0) is 19.2 Å². The highest BCUT2D eigenvalue weighted by Crippen LogP contribution is 2.33. The third-order valence-electron chi connectivity index (χ3n) is 8.60. The van der Waals surface area contributed by atoms with Crippen molar-refractivity contribution in [3.05, 3.63) is 138 Å². The van der Waals surface area contributed by atoms with Crippen molar-refractivity contribution in [2.45, 2.75) is 38.2 Å². The molecule has 0 aliphatic rings. The van der Waals surface area contributed by atoms with E-state index in [0.717, 1.165) is 13.8 Å². The van der Waals surface area contributed by atoms with Crippen molar-refractivity contribution in [3.8, 4) is 0 Å². The molecule has 3 unspecified atom stereocenters. The molecular formula is C42H31Cl7N8O6.